The maximum atomic E-state index is 13.1. The zero-order chi connectivity index (χ0) is 42.1. The van der Waals surface area contributed by atoms with Gasteiger partial charge in [0, 0.05) is 71.4 Å². The van der Waals surface area contributed by atoms with Crippen LogP contribution >= 0.6 is 23.2 Å². The lowest BCUT2D eigenvalue weighted by atomic mass is 9.85. The molecular weight excluding hydrogens is 799 g/mol. The van der Waals surface area contributed by atoms with Crippen LogP contribution in [0.2, 0.25) is 10.0 Å². The lowest BCUT2D eigenvalue weighted by Crippen LogP contribution is -2.42. The predicted molar refractivity (Wildman–Crippen MR) is 229 cm³/mol. The highest BCUT2D eigenvalue weighted by molar-refractivity contribution is 6.33. The van der Waals surface area contributed by atoms with E-state index in [0.717, 1.165) is 25.7 Å². The average Bonchev–Trinajstić information content (AvgIpc) is 3.21. The van der Waals surface area contributed by atoms with E-state index in [9.17, 15) is 30.0 Å². The van der Waals surface area contributed by atoms with Crippen LogP contribution in [0.25, 0.3) is 44.6 Å². The molecule has 8 rings (SSSR count). The Balaban J connectivity index is 0.000000179. The van der Waals surface area contributed by atoms with Crippen molar-refractivity contribution in [3.63, 3.8) is 0 Å². The number of fused-ring (bicyclic) bond motifs is 2. The van der Waals surface area contributed by atoms with Gasteiger partial charge in [-0.1, -0.05) is 54.4 Å². The van der Waals surface area contributed by atoms with Crippen molar-refractivity contribution in [3.05, 3.63) is 114 Å². The monoisotopic (exact) mass is 844 g/mol. The SMILES string of the molecule is CCN1CC[C@H](c2c(O)cc(O)c3c(=O)cc(-c4ccccc4Cl)oc23)[C@H](O)C1.COc1cc(OC)c2c(=O)cc(-c3ccccc3Cl)oc2c1[C@H]1CCN(C)C[C@H]1O. The number of aliphatic hydroxyl groups is 2. The van der Waals surface area contributed by atoms with E-state index in [2.05, 4.69) is 9.80 Å². The predicted octanol–water partition coefficient (Wildman–Crippen LogP) is 7.61. The van der Waals surface area contributed by atoms with E-state index in [0.29, 0.717) is 86.5 Å². The molecule has 0 unspecified atom stereocenters. The van der Waals surface area contributed by atoms with Crippen molar-refractivity contribution in [2.75, 3.05) is 54.0 Å². The molecule has 2 aliphatic heterocycles. The number of nitrogens with zero attached hydrogens (tertiary/aromatic N) is 2. The first kappa shape index (κ1) is 42.1. The molecule has 2 aliphatic rings. The number of likely N-dealkylation sites (N-methyl/N-ethyl adjacent to an activating group) is 2. The smallest absolute Gasteiger partial charge is 0.197 e. The third kappa shape index (κ3) is 8.26. The van der Waals surface area contributed by atoms with Crippen molar-refractivity contribution < 1.29 is 38.7 Å². The van der Waals surface area contributed by atoms with Gasteiger partial charge in [0.05, 0.1) is 36.5 Å². The lowest BCUT2D eigenvalue weighted by molar-refractivity contribution is 0.0533. The number of aliphatic hydroxyl groups excluding tert-OH is 2. The van der Waals surface area contributed by atoms with Gasteiger partial charge in [-0.25, -0.2) is 0 Å². The number of aromatic hydroxyl groups is 2. The van der Waals surface area contributed by atoms with Crippen LogP contribution in [0.4, 0.5) is 0 Å². The Morgan fingerprint density at radius 3 is 1.76 bits per heavy atom. The van der Waals surface area contributed by atoms with Gasteiger partial charge >= 0.3 is 0 Å². The lowest BCUT2D eigenvalue weighted by Gasteiger charge is -2.35. The summed E-state index contributed by atoms with van der Waals surface area (Å²) < 4.78 is 23.4. The molecule has 4 heterocycles. The maximum Gasteiger partial charge on any atom is 0.197 e. The molecule has 6 aromatic rings. The summed E-state index contributed by atoms with van der Waals surface area (Å²) in [6.45, 7) is 5.38. The topological polar surface area (TPSA) is 166 Å². The van der Waals surface area contributed by atoms with Gasteiger partial charge in [-0.3, -0.25) is 9.59 Å². The molecule has 2 aromatic heterocycles. The second-order valence-electron chi connectivity index (χ2n) is 14.9. The molecule has 0 saturated carbocycles. The summed E-state index contributed by atoms with van der Waals surface area (Å²) in [5, 5.41) is 43.7. The third-order valence-corrected chi connectivity index (χ3v) is 12.0. The summed E-state index contributed by atoms with van der Waals surface area (Å²) in [5.74, 6) is 0.251. The number of likely N-dealkylation sites (tertiary alicyclic amines) is 2. The summed E-state index contributed by atoms with van der Waals surface area (Å²) in [4.78, 5) is 30.1. The molecule has 4 aromatic carbocycles. The molecule has 4 atom stereocenters. The van der Waals surface area contributed by atoms with Crippen LogP contribution in [0.3, 0.4) is 0 Å². The molecule has 2 saturated heterocycles. The van der Waals surface area contributed by atoms with Gasteiger partial charge in [-0.05, 0) is 63.8 Å². The van der Waals surface area contributed by atoms with Gasteiger partial charge in [0.2, 0.25) is 0 Å². The van der Waals surface area contributed by atoms with Gasteiger partial charge in [0.25, 0.3) is 0 Å². The quantitative estimate of drug-likeness (QED) is 0.125. The third-order valence-electron chi connectivity index (χ3n) is 11.3. The highest BCUT2D eigenvalue weighted by atomic mass is 35.5. The zero-order valence-electron chi connectivity index (χ0n) is 33.1. The molecule has 0 radical (unpaired) electrons. The van der Waals surface area contributed by atoms with Crippen molar-refractivity contribution in [3.8, 4) is 45.6 Å². The minimum Gasteiger partial charge on any atom is -0.507 e. The van der Waals surface area contributed by atoms with Crippen LogP contribution in [0, 0.1) is 0 Å². The summed E-state index contributed by atoms with van der Waals surface area (Å²) in [7, 11) is 5.03. The molecule has 0 bridgehead atoms. The van der Waals surface area contributed by atoms with E-state index in [1.54, 1.807) is 49.6 Å². The fourth-order valence-electron chi connectivity index (χ4n) is 8.29. The number of halogens is 2. The standard InChI is InChI=1S/C23H24ClNO5.C22H22ClNO5/c1-25-9-8-14(17(27)12-25)21-19(28-2)11-20(29-3)22-16(26)10-18(30-23(21)22)13-6-4-5-7-15(13)24;1-2-24-8-7-13(18(28)11-24)20-15(25)9-16(26)21-17(27)10-19(29-22(20)21)12-5-3-4-6-14(12)23/h4-7,10-11,14,17,27H,8-9,12H2,1-3H3;3-6,9-10,13,18,25-26,28H,2,7-8,11H2,1H3/t14-,17+;13-,18+/m00/s1. The highest BCUT2D eigenvalue weighted by Gasteiger charge is 2.35. The second kappa shape index (κ2) is 17.6. The summed E-state index contributed by atoms with van der Waals surface area (Å²) >= 11 is 12.6. The number of hydrogen-bond acceptors (Lipinski definition) is 12. The summed E-state index contributed by atoms with van der Waals surface area (Å²) in [6.07, 6.45) is -0.0713. The number of benzene rings is 4. The second-order valence-corrected chi connectivity index (χ2v) is 15.7. The minimum absolute atomic E-state index is 0.0151. The van der Waals surface area contributed by atoms with Crippen LogP contribution in [-0.4, -0.2) is 96.4 Å². The molecule has 59 heavy (non-hydrogen) atoms. The molecule has 0 amide bonds. The normalized spacial score (nSPS) is 20.0. The first-order valence-corrected chi connectivity index (χ1v) is 20.1. The van der Waals surface area contributed by atoms with Gasteiger partial charge < -0.3 is 48.5 Å². The number of phenols is 2. The zero-order valence-corrected chi connectivity index (χ0v) is 34.6. The van der Waals surface area contributed by atoms with Crippen molar-refractivity contribution in [1.29, 1.82) is 0 Å². The Labute approximate surface area is 350 Å². The number of ether oxygens (including phenoxy) is 2. The number of hydrogen-bond donors (Lipinski definition) is 4. The van der Waals surface area contributed by atoms with E-state index in [1.807, 2.05) is 26.1 Å². The maximum absolute atomic E-state index is 13.1. The molecule has 0 spiro atoms. The van der Waals surface area contributed by atoms with Gasteiger partial charge in [0.15, 0.2) is 10.9 Å². The average molecular weight is 846 g/mol. The van der Waals surface area contributed by atoms with E-state index in [1.165, 1.54) is 19.2 Å². The van der Waals surface area contributed by atoms with Gasteiger partial charge in [-0.2, -0.15) is 0 Å². The molecule has 2 fully saturated rings. The molecule has 310 valence electrons. The van der Waals surface area contributed by atoms with Crippen LogP contribution < -0.4 is 20.3 Å². The Bertz CT molecular complexity index is 2630. The van der Waals surface area contributed by atoms with Crippen LogP contribution in [0.5, 0.6) is 23.0 Å². The fourth-order valence-corrected chi connectivity index (χ4v) is 8.75. The number of β-amino-alcohol motifs (C(OH)–C–C–N with tert-alkyl or cyclic N) is 2. The summed E-state index contributed by atoms with van der Waals surface area (Å²) in [5.41, 5.74) is 1.93. The molecule has 12 nitrogen and oxygen atoms in total. The Morgan fingerprint density at radius 2 is 1.22 bits per heavy atom. The minimum atomic E-state index is -0.739. The number of phenolic OH excluding ortho intramolecular Hbond substituents is 2. The first-order chi connectivity index (χ1) is 28.3. The number of piperidine rings is 2. The summed E-state index contributed by atoms with van der Waals surface area (Å²) in [6, 6.07) is 19.7. The highest BCUT2D eigenvalue weighted by Crippen LogP contribution is 2.45. The first-order valence-electron chi connectivity index (χ1n) is 19.4. The number of rotatable bonds is 7. The van der Waals surface area contributed by atoms with Crippen LogP contribution in [0.1, 0.15) is 42.7 Å². The van der Waals surface area contributed by atoms with E-state index in [-0.39, 0.29) is 39.6 Å². The Kier molecular flexibility index (Phi) is 12.6. The fraction of sp³-hybridized carbons (Fsp3) is 0.333. The molecule has 0 aliphatic carbocycles. The van der Waals surface area contributed by atoms with E-state index in [4.69, 9.17) is 41.5 Å². The van der Waals surface area contributed by atoms with Gasteiger partial charge in [0.1, 0.15) is 56.5 Å². The largest absolute Gasteiger partial charge is 0.507 e. The van der Waals surface area contributed by atoms with Crippen molar-refractivity contribution in [2.45, 2.75) is 43.8 Å². The Hall–Kier alpha value is -5.08. The molecule has 4 N–H and O–H groups in total. The Morgan fingerprint density at radius 1 is 0.695 bits per heavy atom. The van der Waals surface area contributed by atoms with E-state index < -0.39 is 23.6 Å². The van der Waals surface area contributed by atoms with Crippen LogP contribution in [-0.2, 0) is 0 Å². The van der Waals surface area contributed by atoms with Crippen molar-refractivity contribution in [2.24, 2.45) is 0 Å². The molecular formula is C45H46Cl2N2O10. The van der Waals surface area contributed by atoms with Crippen molar-refractivity contribution >= 4 is 45.1 Å². The number of methoxy groups -OCH3 is 2. The van der Waals surface area contributed by atoms with Crippen molar-refractivity contribution in [1.82, 2.24) is 9.80 Å². The molecule has 14 heteroatoms. The van der Waals surface area contributed by atoms with Crippen LogP contribution in [0.15, 0.2) is 91.2 Å². The van der Waals surface area contributed by atoms with E-state index >= 15 is 0 Å². The van der Waals surface area contributed by atoms with Gasteiger partial charge in [-0.15, -0.1) is 0 Å².